The first kappa shape index (κ1) is 72.4. The first-order chi connectivity index (χ1) is 37.2. The van der Waals surface area contributed by atoms with Crippen molar-refractivity contribution < 1.29 is 52.2 Å². The molecule has 12 heteroatoms. The molecule has 0 saturated carbocycles. The third-order valence-corrected chi connectivity index (χ3v) is 13.4. The first-order valence-electron chi connectivity index (χ1n) is 30.1. The third kappa shape index (κ3) is 55.2. The van der Waals surface area contributed by atoms with Crippen LogP contribution in [0.25, 0.3) is 0 Å². The summed E-state index contributed by atoms with van der Waals surface area (Å²) < 4.78 is 39.5. The molecule has 76 heavy (non-hydrogen) atoms. The lowest BCUT2D eigenvalue weighted by Gasteiger charge is -2.21. The van der Waals surface area contributed by atoms with Crippen LogP contribution in [-0.2, 0) is 42.2 Å². The molecule has 0 radical (unpaired) electrons. The van der Waals surface area contributed by atoms with Gasteiger partial charge in [0, 0.05) is 19.3 Å². The summed E-state index contributed by atoms with van der Waals surface area (Å²) in [5.41, 5.74) is 0. The van der Waals surface area contributed by atoms with Gasteiger partial charge in [-0.3, -0.25) is 23.4 Å². The second-order valence-electron chi connectivity index (χ2n) is 19.8. The van der Waals surface area contributed by atoms with Gasteiger partial charge in [0.05, 0.1) is 19.8 Å². The second-order valence-corrected chi connectivity index (χ2v) is 21.2. The molecule has 0 aliphatic carbocycles. The van der Waals surface area contributed by atoms with E-state index in [1.54, 1.807) is 0 Å². The van der Waals surface area contributed by atoms with Crippen molar-refractivity contribution in [2.45, 2.75) is 264 Å². The Hall–Kier alpha value is -3.60. The number of esters is 3. The molecule has 0 aromatic heterocycles. The molecule has 0 spiro atoms. The number of rotatable bonds is 55. The highest BCUT2D eigenvalue weighted by atomic mass is 31.2. The summed E-state index contributed by atoms with van der Waals surface area (Å²) in [4.78, 5) is 48.6. The molecular formula is C64H109O11P. The van der Waals surface area contributed by atoms with Gasteiger partial charge in [0.25, 0.3) is 0 Å². The van der Waals surface area contributed by atoms with E-state index in [0.717, 1.165) is 116 Å². The fraction of sp³-hybridized carbons (Fsp3) is 0.703. The van der Waals surface area contributed by atoms with Gasteiger partial charge in [0.2, 0.25) is 0 Å². The highest BCUT2D eigenvalue weighted by Crippen LogP contribution is 2.43. The summed E-state index contributed by atoms with van der Waals surface area (Å²) in [6, 6.07) is 0. The zero-order chi connectivity index (χ0) is 55.5. The van der Waals surface area contributed by atoms with Crippen LogP contribution in [0.2, 0.25) is 0 Å². The van der Waals surface area contributed by atoms with Crippen molar-refractivity contribution in [2.75, 3.05) is 26.4 Å². The molecule has 0 heterocycles. The number of hydrogen-bond donors (Lipinski definition) is 2. The smallest absolute Gasteiger partial charge is 0.462 e. The van der Waals surface area contributed by atoms with E-state index in [1.807, 2.05) is 0 Å². The Bertz CT molecular complexity index is 1640. The maximum Gasteiger partial charge on any atom is 0.472 e. The van der Waals surface area contributed by atoms with Crippen molar-refractivity contribution in [3.05, 3.63) is 97.2 Å². The molecular weight excluding hydrogens is 976 g/mol. The van der Waals surface area contributed by atoms with Crippen LogP contribution in [0.1, 0.15) is 252 Å². The van der Waals surface area contributed by atoms with Gasteiger partial charge in [0.15, 0.2) is 6.10 Å². The standard InChI is InChI=1S/C64H109O11P/c1-4-7-10-13-16-19-22-25-28-30-33-36-39-42-45-48-51-54-63(67)74-60(56-65)58-72-76(69,70)73-59-61(57-71-62(66)53-50-47-44-41-38-35-32-27-24-21-18-15-12-9-6-3)75-64(68)55-52-49-46-43-40-37-34-31-29-26-23-20-17-14-11-8-5-2/h9,12,16-21,25-29,32,38,41,60-61,65H,4-8,10-11,13-15,22-24,30-31,33-37,39-40,42-59H2,1-3H3,(H,69,70)/b12-9-,19-16-,20-17-,21-18-,28-25-,29-26-,32-27-,41-38-. The molecule has 0 aromatic rings. The second kappa shape index (κ2) is 57.6. The number of unbranched alkanes of at least 4 members (excludes halogenated alkanes) is 22. The zero-order valence-electron chi connectivity index (χ0n) is 48.2. The maximum atomic E-state index is 12.9. The lowest BCUT2D eigenvalue weighted by atomic mass is 10.1. The van der Waals surface area contributed by atoms with Crippen LogP contribution in [-0.4, -0.2) is 66.5 Å². The number of allylic oxidation sites excluding steroid dienone is 16. The topological polar surface area (TPSA) is 155 Å². The molecule has 2 N–H and O–H groups in total. The lowest BCUT2D eigenvalue weighted by Crippen LogP contribution is -2.30. The van der Waals surface area contributed by atoms with Crippen LogP contribution in [0.3, 0.4) is 0 Å². The Labute approximate surface area is 463 Å². The lowest BCUT2D eigenvalue weighted by molar-refractivity contribution is -0.161. The van der Waals surface area contributed by atoms with Gasteiger partial charge >= 0.3 is 25.7 Å². The number of phosphoric ester groups is 1. The minimum atomic E-state index is -4.77. The van der Waals surface area contributed by atoms with Gasteiger partial charge in [-0.05, 0) is 122 Å². The predicted octanol–water partition coefficient (Wildman–Crippen LogP) is 18.0. The quantitative estimate of drug-likeness (QED) is 0.0197. The summed E-state index contributed by atoms with van der Waals surface area (Å²) in [7, 11) is -4.77. The molecule has 0 amide bonds. The average molecular weight is 1090 g/mol. The summed E-state index contributed by atoms with van der Waals surface area (Å²) in [6.07, 6.45) is 67.9. The molecule has 0 fully saturated rings. The number of phosphoric acid groups is 1. The van der Waals surface area contributed by atoms with E-state index in [9.17, 15) is 28.9 Å². The molecule has 0 aliphatic rings. The Balaban J connectivity index is 4.77. The fourth-order valence-electron chi connectivity index (χ4n) is 7.88. The molecule has 0 saturated heterocycles. The average Bonchev–Trinajstić information content (AvgIpc) is 3.41. The van der Waals surface area contributed by atoms with Gasteiger partial charge in [-0.2, -0.15) is 0 Å². The molecule has 436 valence electrons. The van der Waals surface area contributed by atoms with Crippen LogP contribution < -0.4 is 0 Å². The van der Waals surface area contributed by atoms with Crippen LogP contribution in [0, 0.1) is 0 Å². The van der Waals surface area contributed by atoms with Crippen molar-refractivity contribution >= 4 is 25.7 Å². The monoisotopic (exact) mass is 1080 g/mol. The van der Waals surface area contributed by atoms with E-state index in [2.05, 4.69) is 118 Å². The number of hydrogen-bond acceptors (Lipinski definition) is 10. The Kier molecular flexibility index (Phi) is 54.8. The molecule has 0 rings (SSSR count). The fourth-order valence-corrected chi connectivity index (χ4v) is 8.66. The van der Waals surface area contributed by atoms with Crippen molar-refractivity contribution in [1.82, 2.24) is 0 Å². The van der Waals surface area contributed by atoms with Gasteiger partial charge in [-0.1, -0.05) is 208 Å². The first-order valence-corrected chi connectivity index (χ1v) is 31.6. The van der Waals surface area contributed by atoms with E-state index in [-0.39, 0.29) is 25.9 Å². The van der Waals surface area contributed by atoms with Crippen LogP contribution in [0.5, 0.6) is 0 Å². The summed E-state index contributed by atoms with van der Waals surface area (Å²) in [6.45, 7) is 4.43. The van der Waals surface area contributed by atoms with Crippen molar-refractivity contribution in [3.8, 4) is 0 Å². The van der Waals surface area contributed by atoms with Crippen LogP contribution in [0.15, 0.2) is 97.2 Å². The van der Waals surface area contributed by atoms with Crippen molar-refractivity contribution in [2.24, 2.45) is 0 Å². The largest absolute Gasteiger partial charge is 0.472 e. The van der Waals surface area contributed by atoms with E-state index in [0.29, 0.717) is 19.3 Å². The van der Waals surface area contributed by atoms with E-state index < -0.39 is 57.8 Å². The minimum Gasteiger partial charge on any atom is -0.462 e. The summed E-state index contributed by atoms with van der Waals surface area (Å²) in [5, 5.41) is 9.83. The third-order valence-electron chi connectivity index (χ3n) is 12.5. The van der Waals surface area contributed by atoms with Gasteiger partial charge in [-0.25, -0.2) is 4.57 Å². The minimum absolute atomic E-state index is 0.145. The molecule has 3 atom stereocenters. The SMILES string of the molecule is CC/C=C\C/C=C\C/C=C\C/C=C\CCCCC(=O)OCC(COP(=O)(O)OCC(CO)OC(=O)CCCCCCCCC/C=C\C/C=C\CCCCC)OC(=O)CCCCCCCCC/C=C\C/C=C\CCCCC. The molecule has 0 aromatic carbocycles. The predicted molar refractivity (Wildman–Crippen MR) is 316 cm³/mol. The number of aliphatic hydroxyl groups is 1. The van der Waals surface area contributed by atoms with E-state index >= 15 is 0 Å². The normalized spacial score (nSPS) is 14.0. The summed E-state index contributed by atoms with van der Waals surface area (Å²) in [5.74, 6) is -1.53. The summed E-state index contributed by atoms with van der Waals surface area (Å²) >= 11 is 0. The molecule has 3 unspecified atom stereocenters. The van der Waals surface area contributed by atoms with Crippen molar-refractivity contribution in [3.63, 3.8) is 0 Å². The Morgan fingerprint density at radius 1 is 0.382 bits per heavy atom. The van der Waals surface area contributed by atoms with Gasteiger partial charge < -0.3 is 24.2 Å². The Morgan fingerprint density at radius 3 is 1.08 bits per heavy atom. The van der Waals surface area contributed by atoms with Crippen molar-refractivity contribution in [1.29, 1.82) is 0 Å². The van der Waals surface area contributed by atoms with Crippen LogP contribution >= 0.6 is 7.82 Å². The number of aliphatic hydroxyl groups excluding tert-OH is 1. The molecule has 0 bridgehead atoms. The van der Waals surface area contributed by atoms with Gasteiger partial charge in [0.1, 0.15) is 12.7 Å². The maximum absolute atomic E-state index is 12.9. The highest BCUT2D eigenvalue weighted by Gasteiger charge is 2.28. The number of carbonyl (C=O) groups excluding carboxylic acids is 3. The number of carbonyl (C=O) groups is 3. The highest BCUT2D eigenvalue weighted by molar-refractivity contribution is 7.47. The number of ether oxygens (including phenoxy) is 3. The Morgan fingerprint density at radius 2 is 0.684 bits per heavy atom. The van der Waals surface area contributed by atoms with E-state index in [1.165, 1.54) is 77.0 Å². The van der Waals surface area contributed by atoms with E-state index in [4.69, 9.17) is 23.3 Å². The molecule has 0 aliphatic heterocycles. The van der Waals surface area contributed by atoms with Gasteiger partial charge in [-0.15, -0.1) is 0 Å². The molecule has 11 nitrogen and oxygen atoms in total. The zero-order valence-corrected chi connectivity index (χ0v) is 49.1. The van der Waals surface area contributed by atoms with Crippen LogP contribution in [0.4, 0.5) is 0 Å².